The molecule has 4 heteroatoms. The van der Waals surface area contributed by atoms with E-state index in [0.717, 1.165) is 24.4 Å². The van der Waals surface area contributed by atoms with Crippen LogP contribution in [-0.4, -0.2) is 24.9 Å². The van der Waals surface area contributed by atoms with Crippen LogP contribution in [0.15, 0.2) is 47.1 Å². The summed E-state index contributed by atoms with van der Waals surface area (Å²) in [5, 5.41) is 12.8. The lowest BCUT2D eigenvalue weighted by molar-refractivity contribution is 0.215. The highest BCUT2D eigenvalue weighted by Gasteiger charge is 2.15. The molecule has 2 rings (SSSR count). The minimum atomic E-state index is -0.147. The molecule has 0 saturated carbocycles. The zero-order valence-electron chi connectivity index (χ0n) is 12.6. The number of aliphatic hydroxyl groups is 1. The van der Waals surface area contributed by atoms with Crippen LogP contribution < -0.4 is 10.1 Å². The van der Waals surface area contributed by atoms with Crippen molar-refractivity contribution in [3.05, 3.63) is 54.0 Å². The summed E-state index contributed by atoms with van der Waals surface area (Å²) in [6.07, 6.45) is 3.60. The highest BCUT2D eigenvalue weighted by Crippen LogP contribution is 2.16. The van der Waals surface area contributed by atoms with E-state index in [2.05, 4.69) is 24.4 Å². The predicted octanol–water partition coefficient (Wildman–Crippen LogP) is 2.93. The quantitative estimate of drug-likeness (QED) is 0.784. The number of nitrogens with one attached hydrogen (secondary N) is 1. The Kier molecular flexibility index (Phi) is 5.84. The molecule has 1 heterocycles. The van der Waals surface area contributed by atoms with E-state index in [1.54, 1.807) is 13.4 Å². The zero-order valence-corrected chi connectivity index (χ0v) is 12.6. The number of hydrogen-bond acceptors (Lipinski definition) is 4. The van der Waals surface area contributed by atoms with Gasteiger partial charge in [0, 0.05) is 6.04 Å². The topological polar surface area (TPSA) is 54.6 Å². The van der Waals surface area contributed by atoms with Gasteiger partial charge in [-0.15, -0.1) is 0 Å². The lowest BCUT2D eigenvalue weighted by atomic mass is 10.0. The molecule has 0 aliphatic heterocycles. The zero-order chi connectivity index (χ0) is 15.1. The normalized spacial score (nSPS) is 13.9. The summed E-state index contributed by atoms with van der Waals surface area (Å²) in [4.78, 5) is 0. The molecule has 2 N–H and O–H groups in total. The maximum atomic E-state index is 9.45. The van der Waals surface area contributed by atoms with Gasteiger partial charge in [-0.2, -0.15) is 0 Å². The molecule has 2 atom stereocenters. The van der Waals surface area contributed by atoms with Crippen molar-refractivity contribution in [1.29, 1.82) is 0 Å². The molecule has 0 fully saturated rings. The molecule has 0 radical (unpaired) electrons. The standard InChI is InChI=1S/C17H23NO3/c1-13(18-16(12-19)17-4-3-11-21-17)5-6-14-7-9-15(20-2)10-8-14/h3-4,7-11,13,16,18-19H,5-6,12H2,1-2H3. The second kappa shape index (κ2) is 7.86. The highest BCUT2D eigenvalue weighted by atomic mass is 16.5. The molecule has 1 aromatic heterocycles. The summed E-state index contributed by atoms with van der Waals surface area (Å²) in [5.74, 6) is 1.65. The van der Waals surface area contributed by atoms with Gasteiger partial charge in [0.2, 0.25) is 0 Å². The van der Waals surface area contributed by atoms with Crippen LogP contribution in [0.5, 0.6) is 5.75 Å². The van der Waals surface area contributed by atoms with Gasteiger partial charge in [0.25, 0.3) is 0 Å². The molecule has 0 aliphatic carbocycles. The average Bonchev–Trinajstić information content (AvgIpc) is 3.05. The van der Waals surface area contributed by atoms with E-state index in [0.29, 0.717) is 0 Å². The molecule has 114 valence electrons. The van der Waals surface area contributed by atoms with E-state index in [9.17, 15) is 5.11 Å². The molecule has 21 heavy (non-hydrogen) atoms. The van der Waals surface area contributed by atoms with E-state index in [1.807, 2.05) is 24.3 Å². The number of ether oxygens (including phenoxy) is 1. The summed E-state index contributed by atoms with van der Waals surface area (Å²) in [7, 11) is 1.67. The first-order chi connectivity index (χ1) is 10.2. The van der Waals surface area contributed by atoms with Crippen molar-refractivity contribution in [1.82, 2.24) is 5.32 Å². The third-order valence-corrected chi connectivity index (χ3v) is 3.58. The second-order valence-corrected chi connectivity index (χ2v) is 5.21. The largest absolute Gasteiger partial charge is 0.497 e. The Morgan fingerprint density at radius 1 is 1.24 bits per heavy atom. The first-order valence-corrected chi connectivity index (χ1v) is 7.26. The Bertz CT molecular complexity index is 507. The van der Waals surface area contributed by atoms with Crippen LogP contribution >= 0.6 is 0 Å². The lowest BCUT2D eigenvalue weighted by Crippen LogP contribution is -2.32. The van der Waals surface area contributed by atoms with Crippen LogP contribution in [0.4, 0.5) is 0 Å². The van der Waals surface area contributed by atoms with E-state index >= 15 is 0 Å². The van der Waals surface area contributed by atoms with Crippen molar-refractivity contribution in [2.24, 2.45) is 0 Å². The summed E-state index contributed by atoms with van der Waals surface area (Å²) in [5.41, 5.74) is 1.28. The Labute approximate surface area is 125 Å². The smallest absolute Gasteiger partial charge is 0.123 e. The van der Waals surface area contributed by atoms with Crippen LogP contribution in [0.2, 0.25) is 0 Å². The van der Waals surface area contributed by atoms with Crippen LogP contribution in [-0.2, 0) is 6.42 Å². The van der Waals surface area contributed by atoms with Gasteiger partial charge in [-0.1, -0.05) is 12.1 Å². The number of hydrogen-bond donors (Lipinski definition) is 2. The number of methoxy groups -OCH3 is 1. The maximum Gasteiger partial charge on any atom is 0.123 e. The van der Waals surface area contributed by atoms with E-state index in [1.165, 1.54) is 5.56 Å². The third kappa shape index (κ3) is 4.62. The molecule has 0 spiro atoms. The highest BCUT2D eigenvalue weighted by molar-refractivity contribution is 5.27. The van der Waals surface area contributed by atoms with E-state index < -0.39 is 0 Å². The van der Waals surface area contributed by atoms with Crippen molar-refractivity contribution >= 4 is 0 Å². The first kappa shape index (κ1) is 15.6. The second-order valence-electron chi connectivity index (χ2n) is 5.21. The van der Waals surface area contributed by atoms with Gasteiger partial charge in [-0.25, -0.2) is 0 Å². The minimum Gasteiger partial charge on any atom is -0.497 e. The molecule has 4 nitrogen and oxygen atoms in total. The minimum absolute atomic E-state index is 0.0282. The third-order valence-electron chi connectivity index (χ3n) is 3.58. The van der Waals surface area contributed by atoms with Crippen molar-refractivity contribution in [3.63, 3.8) is 0 Å². The molecule has 1 aromatic carbocycles. The molecule has 0 bridgehead atoms. The fourth-order valence-electron chi connectivity index (χ4n) is 2.32. The Morgan fingerprint density at radius 2 is 2.00 bits per heavy atom. The fourth-order valence-corrected chi connectivity index (χ4v) is 2.32. The monoisotopic (exact) mass is 289 g/mol. The van der Waals surface area contributed by atoms with Crippen LogP contribution in [0.25, 0.3) is 0 Å². The van der Waals surface area contributed by atoms with Gasteiger partial charge < -0.3 is 19.6 Å². The predicted molar refractivity (Wildman–Crippen MR) is 82.4 cm³/mol. The van der Waals surface area contributed by atoms with Crippen LogP contribution in [0, 0.1) is 0 Å². The van der Waals surface area contributed by atoms with Crippen molar-refractivity contribution in [2.75, 3.05) is 13.7 Å². The van der Waals surface area contributed by atoms with Gasteiger partial charge in [-0.05, 0) is 49.6 Å². The Balaban J connectivity index is 1.82. The number of furan rings is 1. The number of aryl methyl sites for hydroxylation is 1. The van der Waals surface area contributed by atoms with Gasteiger partial charge >= 0.3 is 0 Å². The molecule has 2 unspecified atom stereocenters. The number of aliphatic hydroxyl groups excluding tert-OH is 1. The van der Waals surface area contributed by atoms with E-state index in [-0.39, 0.29) is 18.7 Å². The fraction of sp³-hybridized carbons (Fsp3) is 0.412. The lowest BCUT2D eigenvalue weighted by Gasteiger charge is -2.20. The summed E-state index contributed by atoms with van der Waals surface area (Å²) < 4.78 is 10.5. The molecule has 2 aromatic rings. The van der Waals surface area contributed by atoms with Crippen LogP contribution in [0.3, 0.4) is 0 Å². The maximum absolute atomic E-state index is 9.45. The Morgan fingerprint density at radius 3 is 2.57 bits per heavy atom. The summed E-state index contributed by atoms with van der Waals surface area (Å²) in [6, 6.07) is 12.0. The average molecular weight is 289 g/mol. The van der Waals surface area contributed by atoms with Gasteiger partial charge in [-0.3, -0.25) is 0 Å². The molecular formula is C17H23NO3. The van der Waals surface area contributed by atoms with Crippen LogP contribution in [0.1, 0.15) is 30.7 Å². The van der Waals surface area contributed by atoms with Gasteiger partial charge in [0.15, 0.2) is 0 Å². The van der Waals surface area contributed by atoms with Crippen molar-refractivity contribution < 1.29 is 14.3 Å². The van der Waals surface area contributed by atoms with Crippen molar-refractivity contribution in [3.8, 4) is 5.75 Å². The number of rotatable bonds is 8. The van der Waals surface area contributed by atoms with Crippen molar-refractivity contribution in [2.45, 2.75) is 31.8 Å². The van der Waals surface area contributed by atoms with Gasteiger partial charge in [0.1, 0.15) is 11.5 Å². The SMILES string of the molecule is COc1ccc(CCC(C)NC(CO)c2ccco2)cc1. The Hall–Kier alpha value is -1.78. The number of benzene rings is 1. The molecule has 0 amide bonds. The van der Waals surface area contributed by atoms with E-state index in [4.69, 9.17) is 9.15 Å². The van der Waals surface area contributed by atoms with Gasteiger partial charge in [0.05, 0.1) is 26.0 Å². The summed E-state index contributed by atoms with van der Waals surface area (Å²) in [6.45, 7) is 2.15. The molecule has 0 saturated heterocycles. The molecule has 0 aliphatic rings. The molecular weight excluding hydrogens is 266 g/mol. The first-order valence-electron chi connectivity index (χ1n) is 7.26. The summed E-state index contributed by atoms with van der Waals surface area (Å²) >= 11 is 0.